The summed E-state index contributed by atoms with van der Waals surface area (Å²) in [5.41, 5.74) is 1.23. The van der Waals surface area contributed by atoms with Gasteiger partial charge in [-0.3, -0.25) is 0 Å². The van der Waals surface area contributed by atoms with Gasteiger partial charge in [-0.25, -0.2) is 9.97 Å². The Labute approximate surface area is 111 Å². The largest absolute Gasteiger partial charge is 0.481 e. The number of hydrogen-bond donors (Lipinski definition) is 1. The second-order valence-corrected chi connectivity index (χ2v) is 4.19. The standard InChI is InChI=1S/C13H14ClN3O/c1-18-13-8-12(16-9-17-13)15-7-6-10-2-4-11(14)5-3-10/h2-5,8-9H,6-7H2,1H3,(H,15,16,17). The molecule has 0 atom stereocenters. The van der Waals surface area contributed by atoms with E-state index in [0.29, 0.717) is 5.88 Å². The van der Waals surface area contributed by atoms with E-state index in [1.165, 1.54) is 11.9 Å². The fourth-order valence-electron chi connectivity index (χ4n) is 1.53. The molecule has 0 amide bonds. The first-order valence-corrected chi connectivity index (χ1v) is 6.00. The fourth-order valence-corrected chi connectivity index (χ4v) is 1.66. The number of hydrogen-bond acceptors (Lipinski definition) is 4. The number of methoxy groups -OCH3 is 1. The van der Waals surface area contributed by atoms with E-state index < -0.39 is 0 Å². The second kappa shape index (κ2) is 6.21. The van der Waals surface area contributed by atoms with Gasteiger partial charge in [-0.05, 0) is 24.1 Å². The molecule has 1 heterocycles. The minimum Gasteiger partial charge on any atom is -0.481 e. The van der Waals surface area contributed by atoms with Crippen LogP contribution in [0.15, 0.2) is 36.7 Å². The second-order valence-electron chi connectivity index (χ2n) is 3.75. The predicted molar refractivity (Wildman–Crippen MR) is 72.2 cm³/mol. The third-order valence-corrected chi connectivity index (χ3v) is 2.74. The minimum absolute atomic E-state index is 0.555. The molecule has 0 aliphatic rings. The third kappa shape index (κ3) is 3.60. The number of benzene rings is 1. The van der Waals surface area contributed by atoms with Gasteiger partial charge in [-0.1, -0.05) is 23.7 Å². The molecular formula is C13H14ClN3O. The van der Waals surface area contributed by atoms with Gasteiger partial charge in [-0.2, -0.15) is 0 Å². The Hall–Kier alpha value is -1.81. The zero-order valence-electron chi connectivity index (χ0n) is 10.1. The summed E-state index contributed by atoms with van der Waals surface area (Å²) >= 11 is 5.83. The highest BCUT2D eigenvalue weighted by molar-refractivity contribution is 6.30. The lowest BCUT2D eigenvalue weighted by Gasteiger charge is -2.06. The van der Waals surface area contributed by atoms with Crippen LogP contribution in [0.5, 0.6) is 5.88 Å². The van der Waals surface area contributed by atoms with Crippen LogP contribution in [0, 0.1) is 0 Å². The summed E-state index contributed by atoms with van der Waals surface area (Å²) in [6.45, 7) is 0.793. The Morgan fingerprint density at radius 3 is 2.72 bits per heavy atom. The first-order valence-electron chi connectivity index (χ1n) is 5.62. The van der Waals surface area contributed by atoms with Crippen LogP contribution in [0.2, 0.25) is 5.02 Å². The molecular weight excluding hydrogens is 250 g/mol. The molecule has 4 nitrogen and oxygen atoms in total. The van der Waals surface area contributed by atoms with Crippen LogP contribution in [0.4, 0.5) is 5.82 Å². The molecule has 1 N–H and O–H groups in total. The number of nitrogens with zero attached hydrogens (tertiary/aromatic N) is 2. The molecule has 0 unspecified atom stereocenters. The van der Waals surface area contributed by atoms with E-state index in [9.17, 15) is 0 Å². The molecule has 1 aromatic carbocycles. The fraction of sp³-hybridized carbons (Fsp3) is 0.231. The highest BCUT2D eigenvalue weighted by Gasteiger charge is 1.98. The summed E-state index contributed by atoms with van der Waals surface area (Å²) in [6, 6.07) is 9.59. The Morgan fingerprint density at radius 1 is 1.22 bits per heavy atom. The lowest BCUT2D eigenvalue weighted by molar-refractivity contribution is 0.397. The van der Waals surface area contributed by atoms with Crippen LogP contribution in [0.3, 0.4) is 0 Å². The topological polar surface area (TPSA) is 47.0 Å². The molecule has 1 aromatic heterocycles. The maximum absolute atomic E-state index is 5.83. The average Bonchev–Trinajstić information content (AvgIpc) is 2.41. The molecule has 18 heavy (non-hydrogen) atoms. The van der Waals surface area contributed by atoms with Crippen LogP contribution < -0.4 is 10.1 Å². The summed E-state index contributed by atoms with van der Waals surface area (Å²) in [5, 5.41) is 3.98. The Kier molecular flexibility index (Phi) is 4.36. The molecule has 5 heteroatoms. The summed E-state index contributed by atoms with van der Waals surface area (Å²) in [6.07, 6.45) is 2.38. The van der Waals surface area contributed by atoms with Crippen molar-refractivity contribution >= 4 is 17.4 Å². The lowest BCUT2D eigenvalue weighted by Crippen LogP contribution is -2.06. The highest BCUT2D eigenvalue weighted by atomic mass is 35.5. The van der Waals surface area contributed by atoms with E-state index in [4.69, 9.17) is 16.3 Å². The van der Waals surface area contributed by atoms with E-state index >= 15 is 0 Å². The number of rotatable bonds is 5. The molecule has 0 radical (unpaired) electrons. The molecule has 2 aromatic rings. The van der Waals surface area contributed by atoms with Gasteiger partial charge < -0.3 is 10.1 Å². The first-order chi connectivity index (χ1) is 8.78. The molecule has 0 saturated heterocycles. The van der Waals surface area contributed by atoms with Crippen LogP contribution in [-0.4, -0.2) is 23.6 Å². The molecule has 0 saturated carbocycles. The number of ether oxygens (including phenoxy) is 1. The van der Waals surface area contributed by atoms with Crippen LogP contribution in [0.25, 0.3) is 0 Å². The maximum atomic E-state index is 5.83. The van der Waals surface area contributed by atoms with Crippen molar-refractivity contribution in [1.82, 2.24) is 9.97 Å². The zero-order chi connectivity index (χ0) is 12.8. The van der Waals surface area contributed by atoms with Crippen molar-refractivity contribution in [3.63, 3.8) is 0 Å². The smallest absolute Gasteiger partial charge is 0.218 e. The summed E-state index contributed by atoms with van der Waals surface area (Å²) < 4.78 is 5.03. The van der Waals surface area contributed by atoms with Crippen molar-refractivity contribution in [2.45, 2.75) is 6.42 Å². The number of anilines is 1. The average molecular weight is 264 g/mol. The lowest BCUT2D eigenvalue weighted by atomic mass is 10.1. The molecule has 0 spiro atoms. The Balaban J connectivity index is 1.86. The van der Waals surface area contributed by atoms with Gasteiger partial charge in [0.25, 0.3) is 0 Å². The van der Waals surface area contributed by atoms with E-state index in [1.807, 2.05) is 24.3 Å². The number of halogens is 1. The SMILES string of the molecule is COc1cc(NCCc2ccc(Cl)cc2)ncn1. The van der Waals surface area contributed by atoms with Gasteiger partial charge in [0, 0.05) is 17.6 Å². The van der Waals surface area contributed by atoms with Gasteiger partial charge in [0.05, 0.1) is 7.11 Å². The van der Waals surface area contributed by atoms with E-state index in [1.54, 1.807) is 13.2 Å². The zero-order valence-corrected chi connectivity index (χ0v) is 10.8. The van der Waals surface area contributed by atoms with Crippen LogP contribution in [0.1, 0.15) is 5.56 Å². The molecule has 94 valence electrons. The monoisotopic (exact) mass is 263 g/mol. The minimum atomic E-state index is 0.555. The Bertz CT molecular complexity index is 502. The van der Waals surface area contributed by atoms with E-state index in [0.717, 1.165) is 23.8 Å². The van der Waals surface area contributed by atoms with Crippen molar-refractivity contribution in [1.29, 1.82) is 0 Å². The molecule has 0 aliphatic carbocycles. The third-order valence-electron chi connectivity index (χ3n) is 2.48. The maximum Gasteiger partial charge on any atom is 0.218 e. The summed E-state index contributed by atoms with van der Waals surface area (Å²) in [4.78, 5) is 8.06. The summed E-state index contributed by atoms with van der Waals surface area (Å²) in [7, 11) is 1.58. The van der Waals surface area contributed by atoms with Crippen molar-refractivity contribution in [3.8, 4) is 5.88 Å². The van der Waals surface area contributed by atoms with Crippen molar-refractivity contribution in [2.75, 3.05) is 19.0 Å². The quantitative estimate of drug-likeness (QED) is 0.901. The number of nitrogens with one attached hydrogen (secondary N) is 1. The summed E-state index contributed by atoms with van der Waals surface area (Å²) in [5.74, 6) is 1.31. The Morgan fingerprint density at radius 2 is 2.00 bits per heavy atom. The van der Waals surface area contributed by atoms with Gasteiger partial charge in [-0.15, -0.1) is 0 Å². The normalized spacial score (nSPS) is 10.1. The number of aromatic nitrogens is 2. The van der Waals surface area contributed by atoms with Gasteiger partial charge in [0.2, 0.25) is 5.88 Å². The molecule has 0 fully saturated rings. The first kappa shape index (κ1) is 12.6. The molecule has 0 bridgehead atoms. The van der Waals surface area contributed by atoms with E-state index in [-0.39, 0.29) is 0 Å². The van der Waals surface area contributed by atoms with Gasteiger partial charge in [0.15, 0.2) is 0 Å². The van der Waals surface area contributed by atoms with E-state index in [2.05, 4.69) is 15.3 Å². The predicted octanol–water partition coefficient (Wildman–Crippen LogP) is 2.79. The molecule has 0 aliphatic heterocycles. The highest BCUT2D eigenvalue weighted by Crippen LogP contribution is 2.12. The van der Waals surface area contributed by atoms with Gasteiger partial charge in [0.1, 0.15) is 12.1 Å². The van der Waals surface area contributed by atoms with Crippen molar-refractivity contribution in [2.24, 2.45) is 0 Å². The molecule has 2 rings (SSSR count). The van der Waals surface area contributed by atoms with Crippen molar-refractivity contribution in [3.05, 3.63) is 47.2 Å². The van der Waals surface area contributed by atoms with Crippen LogP contribution >= 0.6 is 11.6 Å². The van der Waals surface area contributed by atoms with Crippen LogP contribution in [-0.2, 0) is 6.42 Å². The van der Waals surface area contributed by atoms with Gasteiger partial charge >= 0.3 is 0 Å². The van der Waals surface area contributed by atoms with Crippen molar-refractivity contribution < 1.29 is 4.74 Å².